The van der Waals surface area contributed by atoms with Crippen molar-refractivity contribution in [3.05, 3.63) is 70.8 Å². The minimum absolute atomic E-state index is 0.136. The maximum atomic E-state index is 12.1. The Morgan fingerprint density at radius 3 is 2.58 bits per heavy atom. The molecule has 96 valence electrons. The summed E-state index contributed by atoms with van der Waals surface area (Å²) in [7, 11) is 1.53. The van der Waals surface area contributed by atoms with Gasteiger partial charge in [-0.2, -0.15) is 0 Å². The van der Waals surface area contributed by atoms with Crippen LogP contribution >= 0.6 is 11.6 Å². The van der Waals surface area contributed by atoms with E-state index in [0.29, 0.717) is 16.3 Å². The third-order valence-electron chi connectivity index (χ3n) is 2.65. The fourth-order valence-corrected chi connectivity index (χ4v) is 1.87. The summed E-state index contributed by atoms with van der Waals surface area (Å²) in [6, 6.07) is 14.6. The van der Waals surface area contributed by atoms with Crippen LogP contribution in [0, 0.1) is 0 Å². The van der Waals surface area contributed by atoms with Gasteiger partial charge in [0.15, 0.2) is 5.78 Å². The van der Waals surface area contributed by atoms with E-state index in [0.717, 1.165) is 5.56 Å². The first-order valence-electron chi connectivity index (χ1n) is 5.81. The van der Waals surface area contributed by atoms with E-state index in [1.807, 2.05) is 30.3 Å². The highest BCUT2D eigenvalue weighted by molar-refractivity contribution is 6.31. The molecule has 0 spiro atoms. The van der Waals surface area contributed by atoms with Gasteiger partial charge >= 0.3 is 0 Å². The van der Waals surface area contributed by atoms with Crippen LogP contribution in [0.3, 0.4) is 0 Å². The summed E-state index contributed by atoms with van der Waals surface area (Å²) in [5, 5.41) is 0.511. The lowest BCUT2D eigenvalue weighted by Crippen LogP contribution is -1.98. The monoisotopic (exact) mass is 272 g/mol. The number of methoxy groups -OCH3 is 1. The topological polar surface area (TPSA) is 26.3 Å². The van der Waals surface area contributed by atoms with Crippen LogP contribution in [0.2, 0.25) is 5.02 Å². The van der Waals surface area contributed by atoms with Gasteiger partial charge in [-0.05, 0) is 29.8 Å². The number of hydrogen-bond acceptors (Lipinski definition) is 2. The quantitative estimate of drug-likeness (QED) is 0.614. The standard InChI is InChI=1S/C16H13ClO2/c1-19-16-10-8-13(17)11-14(16)15(18)9-7-12-5-3-2-4-6-12/h2-11H,1H3/b9-7+. The molecule has 0 saturated heterocycles. The van der Waals surface area contributed by atoms with E-state index in [1.165, 1.54) is 13.2 Å². The third-order valence-corrected chi connectivity index (χ3v) is 2.89. The summed E-state index contributed by atoms with van der Waals surface area (Å²) in [6.45, 7) is 0. The molecule has 0 saturated carbocycles. The largest absolute Gasteiger partial charge is 0.496 e. The zero-order valence-electron chi connectivity index (χ0n) is 10.5. The van der Waals surface area contributed by atoms with Gasteiger partial charge in [0.25, 0.3) is 0 Å². The molecule has 0 aromatic heterocycles. The number of ketones is 1. The first kappa shape index (κ1) is 13.4. The van der Waals surface area contributed by atoms with Crippen molar-refractivity contribution in [1.29, 1.82) is 0 Å². The summed E-state index contributed by atoms with van der Waals surface area (Å²) in [4.78, 5) is 12.1. The van der Waals surface area contributed by atoms with Crippen molar-refractivity contribution in [2.45, 2.75) is 0 Å². The lowest BCUT2D eigenvalue weighted by atomic mass is 10.1. The zero-order valence-corrected chi connectivity index (χ0v) is 11.2. The average Bonchev–Trinajstić information content (AvgIpc) is 2.46. The van der Waals surface area contributed by atoms with E-state index < -0.39 is 0 Å². The Morgan fingerprint density at radius 1 is 1.16 bits per heavy atom. The van der Waals surface area contributed by atoms with Gasteiger partial charge in [-0.3, -0.25) is 4.79 Å². The molecular formula is C16H13ClO2. The molecule has 2 rings (SSSR count). The number of carbonyl (C=O) groups is 1. The van der Waals surface area contributed by atoms with Gasteiger partial charge in [-0.1, -0.05) is 48.0 Å². The van der Waals surface area contributed by atoms with Crippen LogP contribution in [-0.2, 0) is 0 Å². The predicted molar refractivity (Wildman–Crippen MR) is 77.8 cm³/mol. The van der Waals surface area contributed by atoms with Crippen LogP contribution in [0.1, 0.15) is 15.9 Å². The minimum Gasteiger partial charge on any atom is -0.496 e. The fourth-order valence-electron chi connectivity index (χ4n) is 1.70. The molecule has 0 radical (unpaired) electrons. The summed E-state index contributed by atoms with van der Waals surface area (Å²) in [6.07, 6.45) is 3.28. The molecule has 0 aliphatic heterocycles. The number of hydrogen-bond donors (Lipinski definition) is 0. The van der Waals surface area contributed by atoms with E-state index in [4.69, 9.17) is 16.3 Å². The fraction of sp³-hybridized carbons (Fsp3) is 0.0625. The number of halogens is 1. The Bertz CT molecular complexity index is 603. The molecular weight excluding hydrogens is 260 g/mol. The van der Waals surface area contributed by atoms with Crippen LogP contribution in [-0.4, -0.2) is 12.9 Å². The van der Waals surface area contributed by atoms with Crippen molar-refractivity contribution < 1.29 is 9.53 Å². The van der Waals surface area contributed by atoms with E-state index in [1.54, 1.807) is 24.3 Å². The van der Waals surface area contributed by atoms with Crippen molar-refractivity contribution in [3.63, 3.8) is 0 Å². The van der Waals surface area contributed by atoms with Gasteiger partial charge in [0, 0.05) is 5.02 Å². The molecule has 2 nitrogen and oxygen atoms in total. The number of rotatable bonds is 4. The maximum Gasteiger partial charge on any atom is 0.189 e. The summed E-state index contributed by atoms with van der Waals surface area (Å²) >= 11 is 5.90. The van der Waals surface area contributed by atoms with E-state index in [2.05, 4.69) is 0 Å². The zero-order chi connectivity index (χ0) is 13.7. The number of carbonyl (C=O) groups excluding carboxylic acids is 1. The highest BCUT2D eigenvalue weighted by Gasteiger charge is 2.09. The molecule has 19 heavy (non-hydrogen) atoms. The first-order valence-corrected chi connectivity index (χ1v) is 6.19. The molecule has 0 bridgehead atoms. The molecule has 0 unspecified atom stereocenters. The minimum atomic E-state index is -0.136. The van der Waals surface area contributed by atoms with Crippen molar-refractivity contribution in [2.24, 2.45) is 0 Å². The van der Waals surface area contributed by atoms with E-state index in [-0.39, 0.29) is 5.78 Å². The van der Waals surface area contributed by atoms with Crippen molar-refractivity contribution in [2.75, 3.05) is 7.11 Å². The SMILES string of the molecule is COc1ccc(Cl)cc1C(=O)/C=C/c1ccccc1. The van der Waals surface area contributed by atoms with Gasteiger partial charge in [-0.25, -0.2) is 0 Å². The summed E-state index contributed by atoms with van der Waals surface area (Å²) in [5.74, 6) is 0.385. The van der Waals surface area contributed by atoms with Gasteiger partial charge in [0.1, 0.15) is 5.75 Å². The van der Waals surface area contributed by atoms with Gasteiger partial charge < -0.3 is 4.74 Å². The second kappa shape index (κ2) is 6.21. The Hall–Kier alpha value is -2.06. The maximum absolute atomic E-state index is 12.1. The van der Waals surface area contributed by atoms with Crippen LogP contribution in [0.5, 0.6) is 5.75 Å². The Kier molecular flexibility index (Phi) is 4.37. The Morgan fingerprint density at radius 2 is 1.89 bits per heavy atom. The molecule has 0 N–H and O–H groups in total. The molecule has 0 aliphatic rings. The van der Waals surface area contributed by atoms with Crippen LogP contribution in [0.25, 0.3) is 6.08 Å². The van der Waals surface area contributed by atoms with Crippen molar-refractivity contribution in [1.82, 2.24) is 0 Å². The van der Waals surface area contributed by atoms with Crippen LogP contribution < -0.4 is 4.74 Å². The second-order valence-corrected chi connectivity index (χ2v) is 4.39. The highest BCUT2D eigenvalue weighted by atomic mass is 35.5. The average molecular weight is 273 g/mol. The molecule has 3 heteroatoms. The normalized spacial score (nSPS) is 10.6. The van der Waals surface area contributed by atoms with Crippen LogP contribution in [0.4, 0.5) is 0 Å². The van der Waals surface area contributed by atoms with E-state index >= 15 is 0 Å². The molecule has 0 fully saturated rings. The molecule has 2 aromatic carbocycles. The predicted octanol–water partition coefficient (Wildman–Crippen LogP) is 4.24. The first-order chi connectivity index (χ1) is 9.20. The van der Waals surface area contributed by atoms with E-state index in [9.17, 15) is 4.79 Å². The smallest absolute Gasteiger partial charge is 0.189 e. The lowest BCUT2D eigenvalue weighted by Gasteiger charge is -2.05. The van der Waals surface area contributed by atoms with Crippen molar-refractivity contribution in [3.8, 4) is 5.75 Å². The summed E-state index contributed by atoms with van der Waals surface area (Å²) in [5.41, 5.74) is 1.43. The molecule has 0 amide bonds. The van der Waals surface area contributed by atoms with Crippen LogP contribution in [0.15, 0.2) is 54.6 Å². The highest BCUT2D eigenvalue weighted by Crippen LogP contribution is 2.23. The molecule has 2 aromatic rings. The van der Waals surface area contributed by atoms with Gasteiger partial charge in [-0.15, -0.1) is 0 Å². The second-order valence-electron chi connectivity index (χ2n) is 3.95. The molecule has 0 atom stereocenters. The lowest BCUT2D eigenvalue weighted by molar-refractivity contribution is 0.104. The number of allylic oxidation sites excluding steroid dienone is 1. The summed E-state index contributed by atoms with van der Waals surface area (Å²) < 4.78 is 5.16. The molecule has 0 heterocycles. The third kappa shape index (κ3) is 3.46. The van der Waals surface area contributed by atoms with Gasteiger partial charge in [0.05, 0.1) is 12.7 Å². The number of ether oxygens (including phenoxy) is 1. The van der Waals surface area contributed by atoms with Gasteiger partial charge in [0.2, 0.25) is 0 Å². The Balaban J connectivity index is 2.25. The van der Waals surface area contributed by atoms with Crippen molar-refractivity contribution >= 4 is 23.5 Å². The Labute approximate surface area is 117 Å². The number of benzene rings is 2. The molecule has 0 aliphatic carbocycles.